The molecule has 0 spiro atoms. The first-order valence-electron chi connectivity index (χ1n) is 6.66. The van der Waals surface area contributed by atoms with E-state index in [1.54, 1.807) is 0 Å². The summed E-state index contributed by atoms with van der Waals surface area (Å²) in [7, 11) is 2.14. The first-order chi connectivity index (χ1) is 9.51. The van der Waals surface area contributed by atoms with E-state index in [1.807, 2.05) is 6.92 Å². The Morgan fingerprint density at radius 3 is 2.40 bits per heavy atom. The molecular weight excluding hydrogens is 382 g/mol. The predicted octanol–water partition coefficient (Wildman–Crippen LogP) is 4.37. The maximum absolute atomic E-state index is 4.54. The predicted molar refractivity (Wildman–Crippen MR) is 89.7 cm³/mol. The summed E-state index contributed by atoms with van der Waals surface area (Å²) < 4.78 is 4.31. The third kappa shape index (κ3) is 3.71. The number of aryl methyl sites for hydroxylation is 2. The van der Waals surface area contributed by atoms with Crippen LogP contribution in [0.3, 0.4) is 0 Å². The summed E-state index contributed by atoms with van der Waals surface area (Å²) in [6, 6.07) is 8.47. The molecule has 0 bridgehead atoms. The molecule has 0 N–H and O–H groups in total. The molecule has 20 heavy (non-hydrogen) atoms. The smallest absolute Gasteiger partial charge is 0.0739 e. The van der Waals surface area contributed by atoms with E-state index in [0.29, 0.717) is 0 Å². The third-order valence-corrected chi connectivity index (χ3v) is 4.80. The summed E-state index contributed by atoms with van der Waals surface area (Å²) in [5.74, 6) is 0. The van der Waals surface area contributed by atoms with Gasteiger partial charge < -0.3 is 0 Å². The van der Waals surface area contributed by atoms with Crippen LogP contribution in [0.2, 0.25) is 0 Å². The molecule has 0 radical (unpaired) electrons. The zero-order chi connectivity index (χ0) is 14.7. The lowest BCUT2D eigenvalue weighted by Gasteiger charge is -2.18. The van der Waals surface area contributed by atoms with Gasteiger partial charge in [-0.25, -0.2) is 0 Å². The highest BCUT2D eigenvalue weighted by atomic mass is 79.9. The van der Waals surface area contributed by atoms with E-state index >= 15 is 0 Å². The fourth-order valence-corrected chi connectivity index (χ4v) is 2.91. The van der Waals surface area contributed by atoms with Gasteiger partial charge in [-0.2, -0.15) is 5.10 Å². The summed E-state index contributed by atoms with van der Waals surface area (Å²) in [5, 5.41) is 4.54. The fraction of sp³-hybridized carbons (Fsp3) is 0.400. The zero-order valence-corrected chi connectivity index (χ0v) is 15.2. The SMILES string of the molecule is CCn1nc(C)c(Br)c1CN(C)Cc1ccc(Br)cc1. The summed E-state index contributed by atoms with van der Waals surface area (Å²) >= 11 is 7.11. The molecule has 0 fully saturated rings. The van der Waals surface area contributed by atoms with Gasteiger partial charge in [0.2, 0.25) is 0 Å². The Morgan fingerprint density at radius 2 is 1.80 bits per heavy atom. The van der Waals surface area contributed by atoms with Crippen LogP contribution in [0.1, 0.15) is 23.9 Å². The normalized spacial score (nSPS) is 11.3. The van der Waals surface area contributed by atoms with Crippen molar-refractivity contribution in [1.82, 2.24) is 14.7 Å². The van der Waals surface area contributed by atoms with Crippen molar-refractivity contribution in [2.24, 2.45) is 0 Å². The molecule has 0 unspecified atom stereocenters. The van der Waals surface area contributed by atoms with Crippen molar-refractivity contribution in [1.29, 1.82) is 0 Å². The Hall–Kier alpha value is -0.650. The highest BCUT2D eigenvalue weighted by molar-refractivity contribution is 9.10. The molecule has 0 aliphatic rings. The van der Waals surface area contributed by atoms with E-state index < -0.39 is 0 Å². The molecule has 3 nitrogen and oxygen atoms in total. The topological polar surface area (TPSA) is 21.1 Å². The standard InChI is InChI=1S/C15H19Br2N3/c1-4-20-14(15(17)11(2)18-20)10-19(3)9-12-5-7-13(16)8-6-12/h5-8H,4,9-10H2,1-3H3. The minimum absolute atomic E-state index is 0.880. The average Bonchev–Trinajstić information content (AvgIpc) is 2.69. The molecule has 1 heterocycles. The maximum atomic E-state index is 4.54. The van der Waals surface area contributed by atoms with Crippen LogP contribution in [-0.4, -0.2) is 21.7 Å². The number of hydrogen-bond acceptors (Lipinski definition) is 2. The minimum Gasteiger partial charge on any atom is -0.296 e. The first-order valence-corrected chi connectivity index (χ1v) is 8.24. The van der Waals surface area contributed by atoms with Crippen LogP contribution in [0.4, 0.5) is 0 Å². The minimum atomic E-state index is 0.880. The van der Waals surface area contributed by atoms with Crippen molar-refractivity contribution < 1.29 is 0 Å². The number of benzene rings is 1. The summed E-state index contributed by atoms with van der Waals surface area (Å²) in [6.07, 6.45) is 0. The first kappa shape index (κ1) is 15.7. The number of rotatable bonds is 5. The van der Waals surface area contributed by atoms with Gasteiger partial charge in [0.25, 0.3) is 0 Å². The fourth-order valence-electron chi connectivity index (χ4n) is 2.23. The third-order valence-electron chi connectivity index (χ3n) is 3.24. The highest BCUT2D eigenvalue weighted by Crippen LogP contribution is 2.22. The van der Waals surface area contributed by atoms with Gasteiger partial charge in [-0.1, -0.05) is 28.1 Å². The number of hydrogen-bond donors (Lipinski definition) is 0. The van der Waals surface area contributed by atoms with Gasteiger partial charge in [0, 0.05) is 24.1 Å². The lowest BCUT2D eigenvalue weighted by molar-refractivity contribution is 0.307. The van der Waals surface area contributed by atoms with Crippen LogP contribution in [0.25, 0.3) is 0 Å². The van der Waals surface area contributed by atoms with Crippen LogP contribution < -0.4 is 0 Å². The molecule has 1 aromatic carbocycles. The van der Waals surface area contributed by atoms with Gasteiger partial charge >= 0.3 is 0 Å². The second-order valence-corrected chi connectivity index (χ2v) is 6.67. The van der Waals surface area contributed by atoms with Crippen LogP contribution in [0.15, 0.2) is 33.2 Å². The maximum Gasteiger partial charge on any atom is 0.0739 e. The van der Waals surface area contributed by atoms with Crippen LogP contribution in [-0.2, 0) is 19.6 Å². The second kappa shape index (κ2) is 6.87. The van der Waals surface area contributed by atoms with Gasteiger partial charge in [-0.15, -0.1) is 0 Å². The van der Waals surface area contributed by atoms with E-state index in [0.717, 1.165) is 34.3 Å². The van der Waals surface area contributed by atoms with Gasteiger partial charge in [-0.05, 0) is 54.5 Å². The summed E-state index contributed by atoms with van der Waals surface area (Å²) in [5.41, 5.74) is 3.61. The Balaban J connectivity index is 2.08. The molecule has 0 aliphatic heterocycles. The monoisotopic (exact) mass is 399 g/mol. The zero-order valence-electron chi connectivity index (χ0n) is 12.0. The lowest BCUT2D eigenvalue weighted by atomic mass is 10.2. The molecular formula is C15H19Br2N3. The molecule has 0 saturated carbocycles. The molecule has 0 aliphatic carbocycles. The molecule has 2 aromatic rings. The summed E-state index contributed by atoms with van der Waals surface area (Å²) in [4.78, 5) is 2.30. The van der Waals surface area contributed by atoms with E-state index in [-0.39, 0.29) is 0 Å². The van der Waals surface area contributed by atoms with E-state index in [4.69, 9.17) is 0 Å². The van der Waals surface area contributed by atoms with Crippen LogP contribution >= 0.6 is 31.9 Å². The molecule has 108 valence electrons. The molecule has 0 atom stereocenters. The van der Waals surface area contributed by atoms with Crippen molar-refractivity contribution in [3.8, 4) is 0 Å². The lowest BCUT2D eigenvalue weighted by Crippen LogP contribution is -2.20. The van der Waals surface area contributed by atoms with Gasteiger partial charge in [0.15, 0.2) is 0 Å². The van der Waals surface area contributed by atoms with Crippen molar-refractivity contribution in [3.63, 3.8) is 0 Å². The Kier molecular flexibility index (Phi) is 5.41. The van der Waals surface area contributed by atoms with Crippen molar-refractivity contribution in [2.75, 3.05) is 7.05 Å². The van der Waals surface area contributed by atoms with Crippen molar-refractivity contribution >= 4 is 31.9 Å². The molecule has 0 amide bonds. The largest absolute Gasteiger partial charge is 0.296 e. The molecule has 2 rings (SSSR count). The molecule has 5 heteroatoms. The average molecular weight is 401 g/mol. The molecule has 1 aromatic heterocycles. The van der Waals surface area contributed by atoms with E-state index in [1.165, 1.54) is 11.3 Å². The van der Waals surface area contributed by atoms with Crippen molar-refractivity contribution in [2.45, 2.75) is 33.5 Å². The number of aromatic nitrogens is 2. The van der Waals surface area contributed by atoms with E-state index in [9.17, 15) is 0 Å². The highest BCUT2D eigenvalue weighted by Gasteiger charge is 2.14. The van der Waals surface area contributed by atoms with Gasteiger partial charge in [0.1, 0.15) is 0 Å². The Labute approximate surface area is 137 Å². The van der Waals surface area contributed by atoms with Crippen LogP contribution in [0, 0.1) is 6.92 Å². The number of nitrogens with zero attached hydrogens (tertiary/aromatic N) is 3. The quantitative estimate of drug-likeness (QED) is 0.742. The second-order valence-electron chi connectivity index (χ2n) is 4.96. The van der Waals surface area contributed by atoms with Gasteiger partial charge in [0.05, 0.1) is 15.9 Å². The Bertz CT molecular complexity index is 576. The summed E-state index contributed by atoms with van der Waals surface area (Å²) in [6.45, 7) is 6.86. The van der Waals surface area contributed by atoms with Gasteiger partial charge in [-0.3, -0.25) is 9.58 Å². The molecule has 0 saturated heterocycles. The van der Waals surface area contributed by atoms with E-state index in [2.05, 4.69) is 84.8 Å². The van der Waals surface area contributed by atoms with Crippen molar-refractivity contribution in [3.05, 3.63) is 50.2 Å². The number of halogens is 2. The Morgan fingerprint density at radius 1 is 1.15 bits per heavy atom. The van der Waals surface area contributed by atoms with Crippen LogP contribution in [0.5, 0.6) is 0 Å².